The van der Waals surface area contributed by atoms with E-state index in [1.165, 1.54) is 6.21 Å². The van der Waals surface area contributed by atoms with Crippen LogP contribution >= 0.6 is 0 Å². The molecule has 100 valence electrons. The first-order chi connectivity index (χ1) is 8.99. The molecule has 0 aromatic heterocycles. The maximum atomic E-state index is 11.1. The van der Waals surface area contributed by atoms with Gasteiger partial charge in [0.05, 0.1) is 6.21 Å². The first-order valence-electron chi connectivity index (χ1n) is 5.50. The van der Waals surface area contributed by atoms with Crippen LogP contribution in [0.2, 0.25) is 0 Å². The van der Waals surface area contributed by atoms with Gasteiger partial charge in [-0.15, -0.1) is 0 Å². The minimum atomic E-state index is -1.18. The van der Waals surface area contributed by atoms with Crippen molar-refractivity contribution in [2.45, 2.75) is 0 Å². The van der Waals surface area contributed by atoms with Crippen LogP contribution in [0.15, 0.2) is 41.5 Å². The molecule has 1 amide bonds. The summed E-state index contributed by atoms with van der Waals surface area (Å²) in [5.41, 5.74) is 4.08. The number of nitrogens with one attached hydrogen (secondary N) is 1. The standard InChI is InChI=1S/C13H15N3O3/c1-16(2)11-5-3-10(4-6-11)9-14-15-12(17)7-8-13(18)19/h3-9H,1-2H3,(H,15,17)(H,18,19)/b8-7-,14-9-. The SMILES string of the molecule is CN(C)c1ccc(/C=N\NC(=O)/C=C\C(=O)O)cc1. The van der Waals surface area contributed by atoms with E-state index in [0.717, 1.165) is 23.4 Å². The fourth-order valence-electron chi connectivity index (χ4n) is 1.21. The van der Waals surface area contributed by atoms with Crippen molar-refractivity contribution in [2.75, 3.05) is 19.0 Å². The van der Waals surface area contributed by atoms with E-state index in [0.29, 0.717) is 0 Å². The molecule has 1 rings (SSSR count). The Hall–Kier alpha value is -2.63. The molecular weight excluding hydrogens is 246 g/mol. The summed E-state index contributed by atoms with van der Waals surface area (Å²) in [6, 6.07) is 7.57. The van der Waals surface area contributed by atoms with Crippen molar-refractivity contribution in [3.05, 3.63) is 42.0 Å². The number of carboxylic acids is 1. The van der Waals surface area contributed by atoms with Gasteiger partial charge in [0.1, 0.15) is 0 Å². The van der Waals surface area contributed by atoms with Gasteiger partial charge in [0.25, 0.3) is 5.91 Å². The van der Waals surface area contributed by atoms with Gasteiger partial charge in [-0.05, 0) is 17.7 Å². The third-order valence-corrected chi connectivity index (χ3v) is 2.18. The number of benzene rings is 1. The number of carbonyl (C=O) groups is 2. The number of carboxylic acid groups (broad SMARTS) is 1. The molecule has 0 fully saturated rings. The summed E-state index contributed by atoms with van der Waals surface area (Å²) >= 11 is 0. The lowest BCUT2D eigenvalue weighted by atomic mass is 10.2. The third-order valence-electron chi connectivity index (χ3n) is 2.18. The largest absolute Gasteiger partial charge is 0.478 e. The number of hydrazone groups is 1. The quantitative estimate of drug-likeness (QED) is 0.467. The first kappa shape index (κ1) is 14.4. The molecule has 0 radical (unpaired) electrons. The van der Waals surface area contributed by atoms with Crippen LogP contribution in [0.3, 0.4) is 0 Å². The number of nitrogens with zero attached hydrogens (tertiary/aromatic N) is 2. The number of hydrogen-bond acceptors (Lipinski definition) is 4. The molecule has 0 unspecified atom stereocenters. The Morgan fingerprint density at radius 3 is 2.37 bits per heavy atom. The Bertz CT molecular complexity index is 504. The maximum absolute atomic E-state index is 11.1. The lowest BCUT2D eigenvalue weighted by molar-refractivity contribution is -0.131. The molecule has 6 nitrogen and oxygen atoms in total. The molecule has 0 saturated carbocycles. The summed E-state index contributed by atoms with van der Waals surface area (Å²) in [6.07, 6.45) is 3.12. The third kappa shape index (κ3) is 5.49. The highest BCUT2D eigenvalue weighted by Gasteiger charge is 1.95. The fraction of sp³-hybridized carbons (Fsp3) is 0.154. The number of amides is 1. The van der Waals surface area contributed by atoms with Crippen LogP contribution in [-0.2, 0) is 9.59 Å². The van der Waals surface area contributed by atoms with Crippen molar-refractivity contribution in [3.8, 4) is 0 Å². The summed E-state index contributed by atoms with van der Waals surface area (Å²) in [4.78, 5) is 23.2. The van der Waals surface area contributed by atoms with E-state index in [-0.39, 0.29) is 0 Å². The molecule has 0 aliphatic heterocycles. The zero-order chi connectivity index (χ0) is 14.3. The van der Waals surface area contributed by atoms with Crippen LogP contribution in [-0.4, -0.2) is 37.3 Å². The van der Waals surface area contributed by atoms with E-state index in [9.17, 15) is 9.59 Å². The Morgan fingerprint density at radius 2 is 1.84 bits per heavy atom. The van der Waals surface area contributed by atoms with E-state index in [2.05, 4.69) is 10.5 Å². The fourth-order valence-corrected chi connectivity index (χ4v) is 1.21. The summed E-state index contributed by atoms with van der Waals surface area (Å²) in [5, 5.41) is 12.0. The average molecular weight is 261 g/mol. The van der Waals surface area contributed by atoms with Crippen LogP contribution < -0.4 is 10.3 Å². The number of aliphatic carboxylic acids is 1. The summed E-state index contributed by atoms with van der Waals surface area (Å²) in [6.45, 7) is 0. The Kier molecular flexibility index (Phi) is 5.28. The van der Waals surface area contributed by atoms with Gasteiger partial charge < -0.3 is 10.0 Å². The van der Waals surface area contributed by atoms with Crippen molar-refractivity contribution in [1.82, 2.24) is 5.43 Å². The second-order valence-corrected chi connectivity index (χ2v) is 3.89. The summed E-state index contributed by atoms with van der Waals surface area (Å²) in [7, 11) is 3.89. The van der Waals surface area contributed by atoms with Gasteiger partial charge in [-0.2, -0.15) is 5.10 Å². The maximum Gasteiger partial charge on any atom is 0.328 e. The zero-order valence-electron chi connectivity index (χ0n) is 10.7. The molecule has 0 atom stereocenters. The van der Waals surface area contributed by atoms with E-state index in [1.54, 1.807) is 0 Å². The van der Waals surface area contributed by atoms with E-state index >= 15 is 0 Å². The highest BCUT2D eigenvalue weighted by Crippen LogP contribution is 2.10. The lowest BCUT2D eigenvalue weighted by Crippen LogP contribution is -2.14. The Balaban J connectivity index is 2.53. The van der Waals surface area contributed by atoms with Crippen molar-refractivity contribution >= 4 is 23.8 Å². The minimum Gasteiger partial charge on any atom is -0.478 e. The van der Waals surface area contributed by atoms with Gasteiger partial charge in [0, 0.05) is 31.9 Å². The van der Waals surface area contributed by atoms with Gasteiger partial charge in [-0.1, -0.05) is 12.1 Å². The van der Waals surface area contributed by atoms with Crippen LogP contribution in [0.1, 0.15) is 5.56 Å². The number of rotatable bonds is 5. The zero-order valence-corrected chi connectivity index (χ0v) is 10.7. The number of hydrogen-bond donors (Lipinski definition) is 2. The van der Waals surface area contributed by atoms with Crippen LogP contribution in [0, 0.1) is 0 Å². The average Bonchev–Trinajstić information content (AvgIpc) is 2.37. The predicted molar refractivity (Wildman–Crippen MR) is 73.3 cm³/mol. The molecule has 2 N–H and O–H groups in total. The summed E-state index contributed by atoms with van der Waals surface area (Å²) < 4.78 is 0. The van der Waals surface area contributed by atoms with Crippen molar-refractivity contribution < 1.29 is 14.7 Å². The molecule has 19 heavy (non-hydrogen) atoms. The molecule has 6 heteroatoms. The number of carbonyl (C=O) groups excluding carboxylic acids is 1. The highest BCUT2D eigenvalue weighted by molar-refractivity contribution is 5.94. The van der Waals surface area contributed by atoms with E-state index < -0.39 is 11.9 Å². The molecule has 0 aliphatic rings. The molecule has 0 bridgehead atoms. The van der Waals surface area contributed by atoms with Crippen LogP contribution in [0.4, 0.5) is 5.69 Å². The second kappa shape index (κ2) is 6.95. The lowest BCUT2D eigenvalue weighted by Gasteiger charge is -2.11. The van der Waals surface area contributed by atoms with Crippen LogP contribution in [0.25, 0.3) is 0 Å². The predicted octanol–water partition coefficient (Wildman–Crippen LogP) is 0.843. The van der Waals surface area contributed by atoms with E-state index in [4.69, 9.17) is 5.11 Å². The van der Waals surface area contributed by atoms with Crippen molar-refractivity contribution in [2.24, 2.45) is 5.10 Å². The van der Waals surface area contributed by atoms with Gasteiger partial charge in [-0.25, -0.2) is 10.2 Å². The molecule has 0 aliphatic carbocycles. The molecule has 0 saturated heterocycles. The highest BCUT2D eigenvalue weighted by atomic mass is 16.4. The Labute approximate surface area is 111 Å². The van der Waals surface area contributed by atoms with E-state index in [1.807, 2.05) is 43.3 Å². The first-order valence-corrected chi connectivity index (χ1v) is 5.50. The molecule has 0 spiro atoms. The molecule has 1 aromatic rings. The topological polar surface area (TPSA) is 82.0 Å². The monoisotopic (exact) mass is 261 g/mol. The Morgan fingerprint density at radius 1 is 1.21 bits per heavy atom. The van der Waals surface area contributed by atoms with Gasteiger partial charge in [-0.3, -0.25) is 4.79 Å². The number of anilines is 1. The molecule has 1 aromatic carbocycles. The normalized spacial score (nSPS) is 10.8. The van der Waals surface area contributed by atoms with Crippen molar-refractivity contribution in [3.63, 3.8) is 0 Å². The van der Waals surface area contributed by atoms with Gasteiger partial charge >= 0.3 is 5.97 Å². The molecule has 0 heterocycles. The molecular formula is C13H15N3O3. The summed E-state index contributed by atoms with van der Waals surface area (Å²) in [5.74, 6) is -1.78. The van der Waals surface area contributed by atoms with Crippen molar-refractivity contribution in [1.29, 1.82) is 0 Å². The smallest absolute Gasteiger partial charge is 0.328 e. The van der Waals surface area contributed by atoms with Gasteiger partial charge in [0.2, 0.25) is 0 Å². The van der Waals surface area contributed by atoms with Crippen LogP contribution in [0.5, 0.6) is 0 Å². The minimum absolute atomic E-state index is 0.594. The van der Waals surface area contributed by atoms with Gasteiger partial charge in [0.15, 0.2) is 0 Å². The second-order valence-electron chi connectivity index (χ2n) is 3.89.